The van der Waals surface area contributed by atoms with Crippen LogP contribution in [0, 0.1) is 0 Å². The van der Waals surface area contributed by atoms with Gasteiger partial charge in [-0.3, -0.25) is 4.68 Å². The van der Waals surface area contributed by atoms with Crippen molar-refractivity contribution in [2.45, 2.75) is 26.0 Å². The van der Waals surface area contributed by atoms with Crippen molar-refractivity contribution in [1.29, 1.82) is 0 Å². The van der Waals surface area contributed by atoms with E-state index in [1.165, 1.54) is 6.20 Å². The number of methoxy groups -OCH3 is 1. The summed E-state index contributed by atoms with van der Waals surface area (Å²) in [6.07, 6.45) is 1.69. The maximum absolute atomic E-state index is 9.99. The largest absolute Gasteiger partial charge is 0.384 e. The predicted octanol–water partition coefficient (Wildman–Crippen LogP) is 1.64. The van der Waals surface area contributed by atoms with Gasteiger partial charge in [-0.05, 0) is 6.42 Å². The third-order valence-electron chi connectivity index (χ3n) is 2.28. The Bertz CT molecular complexity index is 331. The number of nitrogens with zero attached hydrogens (tertiary/aromatic N) is 2. The molecule has 0 amide bonds. The molecule has 1 heterocycles. The molecule has 0 aliphatic rings. The number of ether oxygens (including phenoxy) is 2. The summed E-state index contributed by atoms with van der Waals surface area (Å²) in [6.45, 7) is 3.95. The SMILES string of the molecule is CCCOCC(O)c1c(Cl)cnn1CCOC. The van der Waals surface area contributed by atoms with Crippen LogP contribution >= 0.6 is 11.6 Å². The maximum atomic E-state index is 9.99. The highest BCUT2D eigenvalue weighted by Crippen LogP contribution is 2.22. The molecule has 0 fully saturated rings. The van der Waals surface area contributed by atoms with E-state index in [0.29, 0.717) is 30.5 Å². The first-order valence-electron chi connectivity index (χ1n) is 5.66. The second-order valence-electron chi connectivity index (χ2n) is 3.68. The lowest BCUT2D eigenvalue weighted by molar-refractivity contribution is 0.0311. The molecule has 0 aliphatic heterocycles. The van der Waals surface area contributed by atoms with Crippen molar-refractivity contribution in [2.75, 3.05) is 26.9 Å². The molecule has 1 unspecified atom stereocenters. The van der Waals surface area contributed by atoms with Crippen LogP contribution in [0.2, 0.25) is 5.02 Å². The molecule has 17 heavy (non-hydrogen) atoms. The molecule has 1 aromatic rings. The Kier molecular flexibility index (Phi) is 6.50. The third-order valence-corrected chi connectivity index (χ3v) is 2.57. The first kappa shape index (κ1) is 14.4. The van der Waals surface area contributed by atoms with Gasteiger partial charge in [0, 0.05) is 13.7 Å². The molecule has 0 spiro atoms. The van der Waals surface area contributed by atoms with Crippen molar-refractivity contribution in [3.05, 3.63) is 16.9 Å². The first-order chi connectivity index (χ1) is 8.20. The van der Waals surface area contributed by atoms with Crippen molar-refractivity contribution in [3.63, 3.8) is 0 Å². The van der Waals surface area contributed by atoms with Crippen LogP contribution in [0.4, 0.5) is 0 Å². The van der Waals surface area contributed by atoms with Crippen molar-refractivity contribution in [3.8, 4) is 0 Å². The van der Waals surface area contributed by atoms with E-state index in [1.807, 2.05) is 6.92 Å². The molecule has 6 heteroatoms. The fraction of sp³-hybridized carbons (Fsp3) is 0.727. The Hall–Kier alpha value is -0.620. The summed E-state index contributed by atoms with van der Waals surface area (Å²) in [7, 11) is 1.62. The summed E-state index contributed by atoms with van der Waals surface area (Å²) in [4.78, 5) is 0. The van der Waals surface area contributed by atoms with Crippen LogP contribution in [0.5, 0.6) is 0 Å². The Labute approximate surface area is 106 Å². The van der Waals surface area contributed by atoms with Crippen molar-refractivity contribution in [1.82, 2.24) is 9.78 Å². The van der Waals surface area contributed by atoms with E-state index >= 15 is 0 Å². The monoisotopic (exact) mass is 262 g/mol. The molecular formula is C11H19ClN2O3. The second kappa shape index (κ2) is 7.66. The van der Waals surface area contributed by atoms with E-state index in [2.05, 4.69) is 5.10 Å². The summed E-state index contributed by atoms with van der Waals surface area (Å²) >= 11 is 5.99. The van der Waals surface area contributed by atoms with Crippen molar-refractivity contribution < 1.29 is 14.6 Å². The fourth-order valence-corrected chi connectivity index (χ4v) is 1.74. The topological polar surface area (TPSA) is 56.5 Å². The summed E-state index contributed by atoms with van der Waals surface area (Å²) in [5.74, 6) is 0. The number of rotatable bonds is 8. The quantitative estimate of drug-likeness (QED) is 0.724. The van der Waals surface area contributed by atoms with Gasteiger partial charge in [0.05, 0.1) is 36.7 Å². The van der Waals surface area contributed by atoms with Gasteiger partial charge in [0.1, 0.15) is 6.10 Å². The first-order valence-corrected chi connectivity index (χ1v) is 6.04. The molecule has 0 saturated carbocycles. The number of hydrogen-bond acceptors (Lipinski definition) is 4. The van der Waals surface area contributed by atoms with Crippen LogP contribution in [0.1, 0.15) is 25.1 Å². The number of halogens is 1. The molecule has 5 nitrogen and oxygen atoms in total. The van der Waals surface area contributed by atoms with Crippen LogP contribution in [0.25, 0.3) is 0 Å². The van der Waals surface area contributed by atoms with Crippen molar-refractivity contribution >= 4 is 11.6 Å². The Morgan fingerprint density at radius 2 is 2.29 bits per heavy atom. The minimum absolute atomic E-state index is 0.228. The molecule has 1 aromatic heterocycles. The molecule has 0 saturated heterocycles. The predicted molar refractivity (Wildman–Crippen MR) is 65.2 cm³/mol. The zero-order valence-corrected chi connectivity index (χ0v) is 11.0. The van der Waals surface area contributed by atoms with E-state index in [0.717, 1.165) is 6.42 Å². The van der Waals surface area contributed by atoms with Crippen LogP contribution < -0.4 is 0 Å². The van der Waals surface area contributed by atoms with Crippen LogP contribution in [-0.2, 0) is 16.0 Å². The zero-order valence-electron chi connectivity index (χ0n) is 10.2. The smallest absolute Gasteiger partial charge is 0.120 e. The molecule has 1 N–H and O–H groups in total. The molecule has 0 radical (unpaired) electrons. The van der Waals surface area contributed by atoms with Gasteiger partial charge in [0.2, 0.25) is 0 Å². The molecule has 0 bridgehead atoms. The molecule has 0 aliphatic carbocycles. The van der Waals surface area contributed by atoms with E-state index in [-0.39, 0.29) is 6.61 Å². The Morgan fingerprint density at radius 3 is 2.94 bits per heavy atom. The summed E-state index contributed by atoms with van der Waals surface area (Å²) < 4.78 is 11.9. The lowest BCUT2D eigenvalue weighted by Crippen LogP contribution is -2.16. The zero-order chi connectivity index (χ0) is 12.7. The average Bonchev–Trinajstić information content (AvgIpc) is 2.68. The van der Waals surface area contributed by atoms with Crippen molar-refractivity contribution in [2.24, 2.45) is 0 Å². The number of aromatic nitrogens is 2. The van der Waals surface area contributed by atoms with Gasteiger partial charge < -0.3 is 14.6 Å². The van der Waals surface area contributed by atoms with E-state index in [4.69, 9.17) is 21.1 Å². The number of aliphatic hydroxyl groups excluding tert-OH is 1. The van der Waals surface area contributed by atoms with Gasteiger partial charge >= 0.3 is 0 Å². The van der Waals surface area contributed by atoms with Gasteiger partial charge in [-0.1, -0.05) is 18.5 Å². The highest BCUT2D eigenvalue weighted by Gasteiger charge is 2.18. The number of hydrogen-bond donors (Lipinski definition) is 1. The minimum Gasteiger partial charge on any atom is -0.384 e. The minimum atomic E-state index is -0.756. The molecule has 0 aromatic carbocycles. The van der Waals surface area contributed by atoms with Gasteiger partial charge in [0.25, 0.3) is 0 Å². The third kappa shape index (κ3) is 4.27. The average molecular weight is 263 g/mol. The molecule has 1 atom stereocenters. The van der Waals surface area contributed by atoms with Gasteiger partial charge in [-0.25, -0.2) is 0 Å². The van der Waals surface area contributed by atoms with Gasteiger partial charge in [-0.15, -0.1) is 0 Å². The summed E-state index contributed by atoms with van der Waals surface area (Å²) in [5, 5.41) is 14.5. The Balaban J connectivity index is 2.63. The van der Waals surface area contributed by atoms with Crippen LogP contribution in [0.15, 0.2) is 6.20 Å². The second-order valence-corrected chi connectivity index (χ2v) is 4.09. The van der Waals surface area contributed by atoms with Crippen LogP contribution in [-0.4, -0.2) is 41.8 Å². The molecule has 1 rings (SSSR count). The van der Waals surface area contributed by atoms with E-state index in [9.17, 15) is 5.11 Å². The maximum Gasteiger partial charge on any atom is 0.120 e. The van der Waals surface area contributed by atoms with Crippen LogP contribution in [0.3, 0.4) is 0 Å². The van der Waals surface area contributed by atoms with Gasteiger partial charge in [0.15, 0.2) is 0 Å². The molecule has 98 valence electrons. The normalized spacial score (nSPS) is 12.9. The lowest BCUT2D eigenvalue weighted by atomic mass is 10.2. The summed E-state index contributed by atoms with van der Waals surface area (Å²) in [5.41, 5.74) is 0.583. The fourth-order valence-electron chi connectivity index (χ4n) is 1.48. The lowest BCUT2D eigenvalue weighted by Gasteiger charge is -2.14. The Morgan fingerprint density at radius 1 is 1.53 bits per heavy atom. The summed E-state index contributed by atoms with van der Waals surface area (Å²) in [6, 6.07) is 0. The van der Waals surface area contributed by atoms with E-state index < -0.39 is 6.10 Å². The highest BCUT2D eigenvalue weighted by molar-refractivity contribution is 6.31. The van der Waals surface area contributed by atoms with Gasteiger partial charge in [-0.2, -0.15) is 5.10 Å². The highest BCUT2D eigenvalue weighted by atomic mass is 35.5. The van der Waals surface area contributed by atoms with E-state index in [1.54, 1.807) is 11.8 Å². The number of aliphatic hydroxyl groups is 1. The standard InChI is InChI=1S/C11H19ClN2O3/c1-3-5-17-8-10(15)11-9(12)7-13-14(11)4-6-16-2/h7,10,15H,3-6,8H2,1-2H3. The molecular weight excluding hydrogens is 244 g/mol.